The molecule has 1 amide bonds. The van der Waals surface area contributed by atoms with Crippen LogP contribution >= 0.6 is 0 Å². The van der Waals surface area contributed by atoms with E-state index in [0.29, 0.717) is 6.04 Å². The van der Waals surface area contributed by atoms with Gasteiger partial charge in [-0.1, -0.05) is 6.07 Å². The van der Waals surface area contributed by atoms with Crippen LogP contribution in [-0.2, 0) is 0 Å². The summed E-state index contributed by atoms with van der Waals surface area (Å²) in [6.07, 6.45) is 4.45. The first-order valence-electron chi connectivity index (χ1n) is 7.77. The monoisotopic (exact) mass is 290 g/mol. The van der Waals surface area contributed by atoms with Crippen molar-refractivity contribution in [2.45, 2.75) is 38.6 Å². The Morgan fingerprint density at radius 3 is 2.95 bits per heavy atom. The van der Waals surface area contributed by atoms with Crippen molar-refractivity contribution < 1.29 is 9.53 Å². The van der Waals surface area contributed by atoms with Crippen molar-refractivity contribution in [1.82, 2.24) is 10.2 Å². The van der Waals surface area contributed by atoms with Gasteiger partial charge in [-0.3, -0.25) is 4.79 Å². The Bertz CT molecular complexity index is 488. The number of carbonyl (C=O) groups excluding carboxylic acids is 1. The molecule has 1 atom stereocenters. The molecule has 4 nitrogen and oxygen atoms in total. The molecule has 1 unspecified atom stereocenters. The molecule has 0 radical (unpaired) electrons. The van der Waals surface area contributed by atoms with E-state index in [4.69, 9.17) is 4.74 Å². The smallest absolute Gasteiger partial charge is 0.254 e. The van der Waals surface area contributed by atoms with Crippen molar-refractivity contribution in [3.05, 3.63) is 29.3 Å². The number of hydrogen-bond acceptors (Lipinski definition) is 3. The summed E-state index contributed by atoms with van der Waals surface area (Å²) in [5.74, 6) is 0.915. The van der Waals surface area contributed by atoms with Crippen LogP contribution in [0.4, 0.5) is 0 Å². The average molecular weight is 290 g/mol. The molecule has 1 N–H and O–H groups in total. The van der Waals surface area contributed by atoms with E-state index in [9.17, 15) is 4.79 Å². The third kappa shape index (κ3) is 3.76. The summed E-state index contributed by atoms with van der Waals surface area (Å²) in [5, 5.41) is 3.18. The maximum absolute atomic E-state index is 12.8. The van der Waals surface area contributed by atoms with E-state index in [0.717, 1.165) is 49.2 Å². The Labute approximate surface area is 127 Å². The largest absolute Gasteiger partial charge is 0.496 e. The molecule has 4 heteroatoms. The number of methoxy groups -OCH3 is 1. The van der Waals surface area contributed by atoms with Crippen LogP contribution in [0, 0.1) is 6.92 Å². The number of aryl methyl sites for hydroxylation is 1. The number of likely N-dealkylation sites (tertiary alicyclic amines) is 1. The molecule has 1 aliphatic rings. The third-order valence-corrected chi connectivity index (χ3v) is 4.27. The summed E-state index contributed by atoms with van der Waals surface area (Å²) in [7, 11) is 3.60. The van der Waals surface area contributed by atoms with Crippen molar-refractivity contribution in [2.75, 3.05) is 27.2 Å². The fourth-order valence-electron chi connectivity index (χ4n) is 3.00. The van der Waals surface area contributed by atoms with Crippen LogP contribution < -0.4 is 10.1 Å². The topological polar surface area (TPSA) is 41.6 Å². The minimum Gasteiger partial charge on any atom is -0.496 e. The molecule has 0 aliphatic carbocycles. The Balaban J connectivity index is 2.16. The summed E-state index contributed by atoms with van der Waals surface area (Å²) in [4.78, 5) is 14.8. The van der Waals surface area contributed by atoms with Gasteiger partial charge in [0.25, 0.3) is 5.91 Å². The van der Waals surface area contributed by atoms with Gasteiger partial charge in [0, 0.05) is 18.2 Å². The number of amides is 1. The van der Waals surface area contributed by atoms with Crippen LogP contribution in [0.3, 0.4) is 0 Å². The Hall–Kier alpha value is -1.55. The summed E-state index contributed by atoms with van der Waals surface area (Å²) in [6, 6.07) is 6.08. The van der Waals surface area contributed by atoms with Crippen LogP contribution in [-0.4, -0.2) is 44.1 Å². The second kappa shape index (κ2) is 7.46. The van der Waals surface area contributed by atoms with Gasteiger partial charge in [0.15, 0.2) is 0 Å². The molecule has 0 spiro atoms. The van der Waals surface area contributed by atoms with E-state index in [1.54, 1.807) is 7.11 Å². The molecule has 0 saturated carbocycles. The lowest BCUT2D eigenvalue weighted by atomic mass is 9.98. The summed E-state index contributed by atoms with van der Waals surface area (Å²) in [5.41, 5.74) is 1.79. The van der Waals surface area contributed by atoms with Gasteiger partial charge in [-0.15, -0.1) is 0 Å². The second-order valence-corrected chi connectivity index (χ2v) is 5.72. The number of benzene rings is 1. The Morgan fingerprint density at radius 2 is 2.24 bits per heavy atom. The molecule has 1 heterocycles. The zero-order valence-electron chi connectivity index (χ0n) is 13.3. The predicted molar refractivity (Wildman–Crippen MR) is 85.0 cm³/mol. The van der Waals surface area contributed by atoms with Crippen LogP contribution in [0.5, 0.6) is 5.75 Å². The highest BCUT2D eigenvalue weighted by Gasteiger charge is 2.27. The van der Waals surface area contributed by atoms with Crippen LogP contribution in [0.25, 0.3) is 0 Å². The summed E-state index contributed by atoms with van der Waals surface area (Å²) in [6.45, 7) is 3.80. The zero-order chi connectivity index (χ0) is 15.2. The van der Waals surface area contributed by atoms with Gasteiger partial charge in [0.05, 0.1) is 7.11 Å². The van der Waals surface area contributed by atoms with Gasteiger partial charge in [0.2, 0.25) is 0 Å². The molecule has 1 saturated heterocycles. The minimum atomic E-state index is 0.133. The van der Waals surface area contributed by atoms with Gasteiger partial charge in [-0.25, -0.2) is 0 Å². The lowest BCUT2D eigenvalue weighted by molar-refractivity contribution is 0.0602. The zero-order valence-corrected chi connectivity index (χ0v) is 13.3. The molecule has 1 aliphatic heterocycles. The van der Waals surface area contributed by atoms with Gasteiger partial charge >= 0.3 is 0 Å². The number of ether oxygens (including phenoxy) is 1. The highest BCUT2D eigenvalue weighted by atomic mass is 16.5. The van der Waals surface area contributed by atoms with Crippen molar-refractivity contribution in [1.29, 1.82) is 0 Å². The van der Waals surface area contributed by atoms with E-state index in [1.807, 2.05) is 37.1 Å². The molecule has 0 aromatic heterocycles. The minimum absolute atomic E-state index is 0.133. The molecular weight excluding hydrogens is 264 g/mol. The SMILES string of the molecule is CNCCC1CCCCN1C(=O)c1ccc(C)c(OC)c1. The predicted octanol–water partition coefficient (Wildman–Crippen LogP) is 2.61. The number of nitrogens with zero attached hydrogens (tertiary/aromatic N) is 1. The van der Waals surface area contributed by atoms with Gasteiger partial charge in [-0.2, -0.15) is 0 Å². The lowest BCUT2D eigenvalue weighted by Crippen LogP contribution is -2.44. The number of piperidine rings is 1. The van der Waals surface area contributed by atoms with Gasteiger partial charge in [0.1, 0.15) is 5.75 Å². The fourth-order valence-corrected chi connectivity index (χ4v) is 3.00. The maximum Gasteiger partial charge on any atom is 0.254 e. The second-order valence-electron chi connectivity index (χ2n) is 5.72. The number of nitrogens with one attached hydrogen (secondary N) is 1. The molecule has 1 aromatic rings. The molecule has 1 fully saturated rings. The number of rotatable bonds is 5. The maximum atomic E-state index is 12.8. The Morgan fingerprint density at radius 1 is 1.43 bits per heavy atom. The average Bonchev–Trinajstić information content (AvgIpc) is 2.53. The molecule has 0 bridgehead atoms. The number of carbonyl (C=O) groups is 1. The fraction of sp³-hybridized carbons (Fsp3) is 0.588. The van der Waals surface area contributed by atoms with Gasteiger partial charge in [-0.05, 0) is 63.9 Å². The van der Waals surface area contributed by atoms with E-state index < -0.39 is 0 Å². The van der Waals surface area contributed by atoms with E-state index in [-0.39, 0.29) is 5.91 Å². The van der Waals surface area contributed by atoms with Crippen molar-refractivity contribution >= 4 is 5.91 Å². The van der Waals surface area contributed by atoms with Crippen molar-refractivity contribution in [2.24, 2.45) is 0 Å². The lowest BCUT2D eigenvalue weighted by Gasteiger charge is -2.36. The van der Waals surface area contributed by atoms with Gasteiger partial charge < -0.3 is 15.0 Å². The Kier molecular flexibility index (Phi) is 5.62. The standard InChI is InChI=1S/C17H26N2O2/c1-13-7-8-14(12-16(13)21-3)17(20)19-11-5-4-6-15(19)9-10-18-2/h7-8,12,15,18H,4-6,9-11H2,1-3H3. The first-order valence-corrected chi connectivity index (χ1v) is 7.77. The van der Waals surface area contributed by atoms with E-state index in [1.165, 1.54) is 6.42 Å². The third-order valence-electron chi connectivity index (χ3n) is 4.27. The quantitative estimate of drug-likeness (QED) is 0.906. The van der Waals surface area contributed by atoms with Crippen LogP contribution in [0.15, 0.2) is 18.2 Å². The molecule has 116 valence electrons. The first-order chi connectivity index (χ1) is 10.2. The highest BCUT2D eigenvalue weighted by molar-refractivity contribution is 5.95. The van der Waals surface area contributed by atoms with Crippen LogP contribution in [0.2, 0.25) is 0 Å². The molecule has 2 rings (SSSR count). The number of hydrogen-bond donors (Lipinski definition) is 1. The molecular formula is C17H26N2O2. The molecule has 1 aromatic carbocycles. The van der Waals surface area contributed by atoms with E-state index in [2.05, 4.69) is 5.32 Å². The highest BCUT2D eigenvalue weighted by Crippen LogP contribution is 2.24. The first kappa shape index (κ1) is 15.8. The van der Waals surface area contributed by atoms with Crippen molar-refractivity contribution in [3.63, 3.8) is 0 Å². The van der Waals surface area contributed by atoms with Crippen molar-refractivity contribution in [3.8, 4) is 5.75 Å². The van der Waals surface area contributed by atoms with E-state index >= 15 is 0 Å². The normalized spacial score (nSPS) is 18.6. The summed E-state index contributed by atoms with van der Waals surface area (Å²) < 4.78 is 5.33. The molecule has 21 heavy (non-hydrogen) atoms. The van der Waals surface area contributed by atoms with Crippen LogP contribution in [0.1, 0.15) is 41.6 Å². The summed E-state index contributed by atoms with van der Waals surface area (Å²) >= 11 is 0.